The van der Waals surface area contributed by atoms with E-state index in [2.05, 4.69) is 10.3 Å². The normalized spacial score (nSPS) is 18.1. The number of methoxy groups -OCH3 is 1. The SMILES string of the molecule is COCCCN1C(=O)CC(CC(=O)NCc2cn3c(C)cccc3n2)(c2ccccc2C)C1=O. The maximum absolute atomic E-state index is 13.6. The standard InChI is InChI=1S/C26H30N4O4/c1-18-8-4-5-10-21(18)26(15-24(32)29(25(26)33)12-7-13-34-3)14-23(31)27-16-20-17-30-19(2)9-6-11-22(30)28-20/h4-6,8-11,17H,7,12-16H2,1-3H3,(H,27,31). The number of carbonyl (C=O) groups is 3. The van der Waals surface area contributed by atoms with E-state index in [1.807, 2.05) is 66.9 Å². The van der Waals surface area contributed by atoms with E-state index in [1.165, 1.54) is 4.90 Å². The summed E-state index contributed by atoms with van der Waals surface area (Å²) in [5, 5.41) is 2.91. The molecule has 1 aliphatic heterocycles. The fourth-order valence-electron chi connectivity index (χ4n) is 4.76. The van der Waals surface area contributed by atoms with Crippen LogP contribution in [0.1, 0.15) is 41.8 Å². The van der Waals surface area contributed by atoms with E-state index in [0.29, 0.717) is 13.0 Å². The number of imide groups is 1. The number of imidazole rings is 1. The number of fused-ring (bicyclic) bond motifs is 1. The van der Waals surface area contributed by atoms with E-state index in [0.717, 1.165) is 28.2 Å². The van der Waals surface area contributed by atoms with Gasteiger partial charge in [0.05, 0.1) is 17.7 Å². The number of benzene rings is 1. The quantitative estimate of drug-likeness (QED) is 0.390. The number of rotatable bonds is 9. The molecule has 4 rings (SSSR count). The van der Waals surface area contributed by atoms with Crippen molar-refractivity contribution in [2.45, 2.75) is 45.1 Å². The van der Waals surface area contributed by atoms with Gasteiger partial charge in [0.15, 0.2) is 0 Å². The van der Waals surface area contributed by atoms with Crippen molar-refractivity contribution in [3.63, 3.8) is 0 Å². The molecule has 1 unspecified atom stereocenters. The smallest absolute Gasteiger partial charge is 0.240 e. The maximum Gasteiger partial charge on any atom is 0.240 e. The second kappa shape index (κ2) is 9.77. The van der Waals surface area contributed by atoms with Gasteiger partial charge in [0, 0.05) is 45.0 Å². The van der Waals surface area contributed by atoms with E-state index in [9.17, 15) is 14.4 Å². The zero-order chi connectivity index (χ0) is 24.3. The van der Waals surface area contributed by atoms with Gasteiger partial charge in [-0.15, -0.1) is 0 Å². The Kier molecular flexibility index (Phi) is 6.79. The molecule has 3 aromatic rings. The molecule has 34 heavy (non-hydrogen) atoms. The molecule has 2 aromatic heterocycles. The molecule has 178 valence electrons. The Hall–Kier alpha value is -3.52. The Labute approximate surface area is 198 Å². The van der Waals surface area contributed by atoms with Gasteiger partial charge >= 0.3 is 0 Å². The molecular weight excluding hydrogens is 432 g/mol. The molecule has 8 heteroatoms. The van der Waals surface area contributed by atoms with Gasteiger partial charge in [-0.05, 0) is 43.5 Å². The van der Waals surface area contributed by atoms with Gasteiger partial charge in [0.1, 0.15) is 5.65 Å². The van der Waals surface area contributed by atoms with Crippen LogP contribution >= 0.6 is 0 Å². The van der Waals surface area contributed by atoms with E-state index in [4.69, 9.17) is 4.74 Å². The first-order valence-electron chi connectivity index (χ1n) is 11.5. The molecule has 0 radical (unpaired) electrons. The lowest BCUT2D eigenvalue weighted by atomic mass is 9.74. The second-order valence-electron chi connectivity index (χ2n) is 8.85. The minimum Gasteiger partial charge on any atom is -0.385 e. The lowest BCUT2D eigenvalue weighted by Crippen LogP contribution is -2.43. The third-order valence-corrected chi connectivity index (χ3v) is 6.47. The summed E-state index contributed by atoms with van der Waals surface area (Å²) in [5.74, 6) is -0.869. The Morgan fingerprint density at radius 1 is 1.15 bits per heavy atom. The summed E-state index contributed by atoms with van der Waals surface area (Å²) >= 11 is 0. The molecule has 1 atom stereocenters. The minimum absolute atomic E-state index is 0.0232. The summed E-state index contributed by atoms with van der Waals surface area (Å²) in [5.41, 5.74) is 2.97. The van der Waals surface area contributed by atoms with E-state index in [1.54, 1.807) is 7.11 Å². The van der Waals surface area contributed by atoms with E-state index < -0.39 is 5.41 Å². The molecule has 1 aliphatic rings. The van der Waals surface area contributed by atoms with Crippen LogP contribution in [0.4, 0.5) is 0 Å². The topological polar surface area (TPSA) is 93.0 Å². The van der Waals surface area contributed by atoms with Crippen molar-refractivity contribution in [2.75, 3.05) is 20.3 Å². The minimum atomic E-state index is -1.21. The van der Waals surface area contributed by atoms with Gasteiger partial charge in [-0.25, -0.2) is 4.98 Å². The van der Waals surface area contributed by atoms with Crippen LogP contribution in [0.25, 0.3) is 5.65 Å². The zero-order valence-corrected chi connectivity index (χ0v) is 19.8. The molecule has 0 aliphatic carbocycles. The van der Waals surface area contributed by atoms with Crippen molar-refractivity contribution >= 4 is 23.4 Å². The highest BCUT2D eigenvalue weighted by molar-refractivity contribution is 6.10. The van der Waals surface area contributed by atoms with Crippen molar-refractivity contribution in [2.24, 2.45) is 0 Å². The summed E-state index contributed by atoms with van der Waals surface area (Å²) < 4.78 is 7.04. The van der Waals surface area contributed by atoms with Crippen LogP contribution in [-0.4, -0.2) is 52.3 Å². The number of pyridine rings is 1. The average Bonchev–Trinajstić information content (AvgIpc) is 3.33. The van der Waals surface area contributed by atoms with Gasteiger partial charge in [-0.2, -0.15) is 0 Å². The number of amides is 3. The Balaban J connectivity index is 1.55. The van der Waals surface area contributed by atoms with Crippen LogP contribution < -0.4 is 5.32 Å². The van der Waals surface area contributed by atoms with Crippen molar-refractivity contribution in [3.8, 4) is 0 Å². The van der Waals surface area contributed by atoms with Crippen LogP contribution in [0.5, 0.6) is 0 Å². The average molecular weight is 463 g/mol. The van der Waals surface area contributed by atoms with Crippen molar-refractivity contribution < 1.29 is 19.1 Å². The fraction of sp³-hybridized carbons (Fsp3) is 0.385. The molecule has 0 saturated carbocycles. The lowest BCUT2D eigenvalue weighted by Gasteiger charge is -2.28. The number of nitrogens with one attached hydrogen (secondary N) is 1. The Morgan fingerprint density at radius 3 is 2.68 bits per heavy atom. The molecule has 1 N–H and O–H groups in total. The molecule has 1 fully saturated rings. The summed E-state index contributed by atoms with van der Waals surface area (Å²) in [6, 6.07) is 13.3. The van der Waals surface area contributed by atoms with Crippen molar-refractivity contribution in [3.05, 3.63) is 71.2 Å². The van der Waals surface area contributed by atoms with Crippen LogP contribution in [0.15, 0.2) is 48.7 Å². The van der Waals surface area contributed by atoms with Gasteiger partial charge in [-0.3, -0.25) is 19.3 Å². The largest absolute Gasteiger partial charge is 0.385 e. The van der Waals surface area contributed by atoms with Crippen molar-refractivity contribution in [1.29, 1.82) is 0 Å². The lowest BCUT2D eigenvalue weighted by molar-refractivity contribution is -0.141. The summed E-state index contributed by atoms with van der Waals surface area (Å²) in [4.78, 5) is 45.5. The number of aromatic nitrogens is 2. The van der Waals surface area contributed by atoms with Gasteiger partial charge < -0.3 is 14.5 Å². The number of ether oxygens (including phenoxy) is 1. The first kappa shape index (κ1) is 23.6. The van der Waals surface area contributed by atoms with Crippen LogP contribution in [-0.2, 0) is 31.1 Å². The number of hydrogen-bond donors (Lipinski definition) is 1. The highest BCUT2D eigenvalue weighted by Crippen LogP contribution is 2.41. The molecule has 1 saturated heterocycles. The highest BCUT2D eigenvalue weighted by Gasteiger charge is 2.53. The summed E-state index contributed by atoms with van der Waals surface area (Å²) in [6.07, 6.45) is 2.32. The van der Waals surface area contributed by atoms with Gasteiger partial charge in [0.2, 0.25) is 17.7 Å². The Morgan fingerprint density at radius 2 is 1.94 bits per heavy atom. The van der Waals surface area contributed by atoms with E-state index >= 15 is 0 Å². The molecule has 0 spiro atoms. The van der Waals surface area contributed by atoms with E-state index in [-0.39, 0.29) is 43.7 Å². The van der Waals surface area contributed by atoms with Gasteiger partial charge in [0.25, 0.3) is 0 Å². The number of likely N-dealkylation sites (tertiary alicyclic amines) is 1. The van der Waals surface area contributed by atoms with Crippen molar-refractivity contribution in [1.82, 2.24) is 19.6 Å². The zero-order valence-electron chi connectivity index (χ0n) is 19.8. The number of nitrogens with zero attached hydrogens (tertiary/aromatic N) is 3. The predicted molar refractivity (Wildman–Crippen MR) is 127 cm³/mol. The number of aryl methyl sites for hydroxylation is 2. The predicted octanol–water partition coefficient (Wildman–Crippen LogP) is 2.69. The molecule has 8 nitrogen and oxygen atoms in total. The molecule has 1 aromatic carbocycles. The molecule has 0 bridgehead atoms. The van der Waals surface area contributed by atoms with Crippen LogP contribution in [0, 0.1) is 13.8 Å². The third-order valence-electron chi connectivity index (χ3n) is 6.47. The highest BCUT2D eigenvalue weighted by atomic mass is 16.5. The summed E-state index contributed by atoms with van der Waals surface area (Å²) in [6.45, 7) is 4.86. The monoisotopic (exact) mass is 462 g/mol. The first-order chi connectivity index (χ1) is 16.4. The molecule has 3 heterocycles. The van der Waals surface area contributed by atoms with Crippen LogP contribution in [0.3, 0.4) is 0 Å². The van der Waals surface area contributed by atoms with Crippen LogP contribution in [0.2, 0.25) is 0 Å². The fourth-order valence-corrected chi connectivity index (χ4v) is 4.76. The number of hydrogen-bond acceptors (Lipinski definition) is 5. The third kappa shape index (κ3) is 4.46. The first-order valence-corrected chi connectivity index (χ1v) is 11.5. The molecular formula is C26H30N4O4. The number of carbonyl (C=O) groups excluding carboxylic acids is 3. The Bertz CT molecular complexity index is 1230. The van der Waals surface area contributed by atoms with Gasteiger partial charge in [-0.1, -0.05) is 30.3 Å². The second-order valence-corrected chi connectivity index (χ2v) is 8.85. The maximum atomic E-state index is 13.6. The molecule has 3 amide bonds. The summed E-state index contributed by atoms with van der Waals surface area (Å²) in [7, 11) is 1.58.